The van der Waals surface area contributed by atoms with Gasteiger partial charge in [-0.2, -0.15) is 0 Å². The predicted molar refractivity (Wildman–Crippen MR) is 114 cm³/mol. The third kappa shape index (κ3) is 5.17. The van der Waals surface area contributed by atoms with Crippen molar-refractivity contribution in [1.82, 2.24) is 20.4 Å². The fourth-order valence-electron chi connectivity index (χ4n) is 2.82. The van der Waals surface area contributed by atoms with Crippen LogP contribution in [0.3, 0.4) is 0 Å². The summed E-state index contributed by atoms with van der Waals surface area (Å²) in [6.45, 7) is 3.14. The topological polar surface area (TPSA) is 91.6 Å². The lowest BCUT2D eigenvalue weighted by Crippen LogP contribution is -2.48. The minimum absolute atomic E-state index is 0.0798. The van der Waals surface area contributed by atoms with E-state index in [2.05, 4.69) is 20.4 Å². The highest BCUT2D eigenvalue weighted by atomic mass is 32.2. The summed E-state index contributed by atoms with van der Waals surface area (Å²) in [6, 6.07) is 7.36. The van der Waals surface area contributed by atoms with Crippen molar-refractivity contribution in [3.05, 3.63) is 46.5 Å². The Kier molecular flexibility index (Phi) is 6.47. The number of thioether (sulfide) groups is 1. The molecule has 1 fully saturated rings. The molecule has 0 saturated carbocycles. The Hall–Kier alpha value is -2.37. The van der Waals surface area contributed by atoms with Crippen LogP contribution in [0.1, 0.15) is 15.4 Å². The van der Waals surface area contributed by atoms with E-state index in [1.807, 2.05) is 28.5 Å². The Bertz CT molecular complexity index is 934. The summed E-state index contributed by atoms with van der Waals surface area (Å²) >= 11 is 4.31. The first-order chi connectivity index (χ1) is 14.2. The summed E-state index contributed by atoms with van der Waals surface area (Å²) in [7, 11) is 0. The lowest BCUT2D eigenvalue weighted by Gasteiger charge is -2.34. The van der Waals surface area contributed by atoms with E-state index in [0.717, 1.165) is 33.2 Å². The third-order valence-corrected chi connectivity index (χ3v) is 7.31. The van der Waals surface area contributed by atoms with E-state index < -0.39 is 0 Å². The maximum atomic E-state index is 12.4. The van der Waals surface area contributed by atoms with Crippen molar-refractivity contribution in [3.63, 3.8) is 0 Å². The van der Waals surface area contributed by atoms with Gasteiger partial charge in [0, 0.05) is 26.2 Å². The van der Waals surface area contributed by atoms with Gasteiger partial charge in [0.05, 0.1) is 23.4 Å². The molecule has 3 aromatic rings. The van der Waals surface area contributed by atoms with Crippen LogP contribution in [0.5, 0.6) is 0 Å². The average Bonchev–Trinajstić information content (AvgIpc) is 3.52. The van der Waals surface area contributed by atoms with Crippen LogP contribution >= 0.6 is 34.4 Å². The van der Waals surface area contributed by atoms with Gasteiger partial charge in [-0.25, -0.2) is 0 Å². The normalized spacial score (nSPS) is 14.2. The predicted octanol–water partition coefficient (Wildman–Crippen LogP) is 2.56. The maximum absolute atomic E-state index is 12.4. The minimum atomic E-state index is -0.0798. The van der Waals surface area contributed by atoms with Crippen LogP contribution in [0.2, 0.25) is 0 Å². The molecule has 1 N–H and O–H groups in total. The number of nitrogens with zero attached hydrogens (tertiary/aromatic N) is 4. The van der Waals surface area contributed by atoms with Crippen molar-refractivity contribution >= 4 is 51.4 Å². The highest BCUT2D eigenvalue weighted by molar-refractivity contribution is 8.01. The lowest BCUT2D eigenvalue weighted by atomic mass is 10.3. The molecule has 0 bridgehead atoms. The highest BCUT2D eigenvalue weighted by Crippen LogP contribution is 2.28. The molecule has 4 rings (SSSR count). The number of rotatable bonds is 7. The zero-order valence-electron chi connectivity index (χ0n) is 15.4. The first kappa shape index (κ1) is 19.9. The highest BCUT2D eigenvalue weighted by Gasteiger charge is 2.24. The average molecular weight is 450 g/mol. The van der Waals surface area contributed by atoms with Gasteiger partial charge in [0.2, 0.25) is 11.0 Å². The SMILES string of the molecule is O=C(CSc1nnc(N2CCN(C(=O)c3cccs3)CC2)s1)NCc1ccco1. The van der Waals surface area contributed by atoms with Crippen LogP contribution in [-0.2, 0) is 11.3 Å². The Balaban J connectivity index is 1.22. The largest absolute Gasteiger partial charge is 0.467 e. The summed E-state index contributed by atoms with van der Waals surface area (Å²) in [4.78, 5) is 29.2. The first-order valence-corrected chi connectivity index (χ1v) is 11.7. The van der Waals surface area contributed by atoms with Gasteiger partial charge in [-0.05, 0) is 23.6 Å². The van der Waals surface area contributed by atoms with Gasteiger partial charge < -0.3 is 19.5 Å². The molecule has 0 unspecified atom stereocenters. The summed E-state index contributed by atoms with van der Waals surface area (Å²) < 4.78 is 5.94. The number of anilines is 1. The van der Waals surface area contributed by atoms with Gasteiger partial charge in [0.25, 0.3) is 5.91 Å². The Morgan fingerprint density at radius 3 is 2.76 bits per heavy atom. The van der Waals surface area contributed by atoms with Gasteiger partial charge in [0.15, 0.2) is 4.34 Å². The van der Waals surface area contributed by atoms with Crippen LogP contribution in [0.25, 0.3) is 0 Å². The van der Waals surface area contributed by atoms with Crippen LogP contribution in [-0.4, -0.2) is 58.8 Å². The fourth-order valence-corrected chi connectivity index (χ4v) is 5.24. The summed E-state index contributed by atoms with van der Waals surface area (Å²) in [5, 5.41) is 14.0. The van der Waals surface area contributed by atoms with Crippen molar-refractivity contribution in [2.24, 2.45) is 0 Å². The fraction of sp³-hybridized carbons (Fsp3) is 0.333. The van der Waals surface area contributed by atoms with Crippen molar-refractivity contribution in [3.8, 4) is 0 Å². The van der Waals surface area contributed by atoms with Crippen molar-refractivity contribution in [1.29, 1.82) is 0 Å². The number of carbonyl (C=O) groups excluding carboxylic acids is 2. The molecule has 1 saturated heterocycles. The number of hydrogen-bond acceptors (Lipinski definition) is 9. The van der Waals surface area contributed by atoms with Crippen LogP contribution in [0.4, 0.5) is 5.13 Å². The molecular weight excluding hydrogens is 430 g/mol. The minimum Gasteiger partial charge on any atom is -0.467 e. The molecule has 3 aromatic heterocycles. The quantitative estimate of drug-likeness (QED) is 0.554. The molecule has 0 aliphatic carbocycles. The lowest BCUT2D eigenvalue weighted by molar-refractivity contribution is -0.118. The molecule has 0 spiro atoms. The van der Waals surface area contributed by atoms with Crippen LogP contribution in [0, 0.1) is 0 Å². The Morgan fingerprint density at radius 1 is 1.17 bits per heavy atom. The monoisotopic (exact) mass is 449 g/mol. The molecule has 11 heteroatoms. The van der Waals surface area contributed by atoms with E-state index in [1.54, 1.807) is 12.3 Å². The Morgan fingerprint density at radius 2 is 2.03 bits per heavy atom. The third-order valence-electron chi connectivity index (χ3n) is 4.33. The number of carbonyl (C=O) groups is 2. The molecule has 8 nitrogen and oxygen atoms in total. The number of furan rings is 1. The first-order valence-electron chi connectivity index (χ1n) is 9.02. The van der Waals surface area contributed by atoms with Gasteiger partial charge in [-0.1, -0.05) is 29.2 Å². The molecule has 1 aliphatic heterocycles. The number of aromatic nitrogens is 2. The smallest absolute Gasteiger partial charge is 0.264 e. The van der Waals surface area contributed by atoms with Gasteiger partial charge >= 0.3 is 0 Å². The van der Waals surface area contributed by atoms with Gasteiger partial charge in [0.1, 0.15) is 5.76 Å². The van der Waals surface area contributed by atoms with Crippen LogP contribution in [0.15, 0.2) is 44.7 Å². The molecule has 1 aliphatic rings. The number of piperazine rings is 1. The number of amides is 2. The van der Waals surface area contributed by atoms with E-state index >= 15 is 0 Å². The maximum Gasteiger partial charge on any atom is 0.264 e. The number of thiophene rings is 1. The van der Waals surface area contributed by atoms with E-state index in [9.17, 15) is 9.59 Å². The standard InChI is InChI=1S/C18H19N5O3S3/c24-15(19-11-13-3-1-9-26-13)12-28-18-21-20-17(29-18)23-7-5-22(6-8-23)16(25)14-4-2-10-27-14/h1-4,9-10H,5-8,11-12H2,(H,19,24). The van der Waals surface area contributed by atoms with Gasteiger partial charge in [-0.15, -0.1) is 21.5 Å². The molecule has 0 radical (unpaired) electrons. The summed E-state index contributed by atoms with van der Waals surface area (Å²) in [5.74, 6) is 1.01. The zero-order chi connectivity index (χ0) is 20.1. The molecule has 0 atom stereocenters. The molecule has 29 heavy (non-hydrogen) atoms. The van der Waals surface area contributed by atoms with Crippen molar-refractivity contribution in [2.75, 3.05) is 36.8 Å². The van der Waals surface area contributed by atoms with E-state index in [-0.39, 0.29) is 17.6 Å². The zero-order valence-corrected chi connectivity index (χ0v) is 17.9. The van der Waals surface area contributed by atoms with Crippen molar-refractivity contribution < 1.29 is 14.0 Å². The summed E-state index contributed by atoms with van der Waals surface area (Å²) in [6.07, 6.45) is 1.58. The molecule has 0 aromatic carbocycles. The summed E-state index contributed by atoms with van der Waals surface area (Å²) in [5.41, 5.74) is 0. The second-order valence-electron chi connectivity index (χ2n) is 6.25. The Labute approximate surface area is 179 Å². The van der Waals surface area contributed by atoms with Crippen molar-refractivity contribution in [2.45, 2.75) is 10.9 Å². The molecule has 4 heterocycles. The second kappa shape index (κ2) is 9.42. The number of nitrogens with one attached hydrogen (secondary N) is 1. The second-order valence-corrected chi connectivity index (χ2v) is 9.38. The van der Waals surface area contributed by atoms with Gasteiger partial charge in [-0.3, -0.25) is 9.59 Å². The van der Waals surface area contributed by atoms with Crippen LogP contribution < -0.4 is 10.2 Å². The van der Waals surface area contributed by atoms with E-state index in [1.165, 1.54) is 34.4 Å². The molecule has 152 valence electrons. The van der Waals surface area contributed by atoms with E-state index in [0.29, 0.717) is 19.6 Å². The number of hydrogen-bond donors (Lipinski definition) is 1. The molecule has 2 amide bonds. The van der Waals surface area contributed by atoms with E-state index in [4.69, 9.17) is 4.42 Å². The molecular formula is C18H19N5O3S3.